The molecule has 2 aromatic heterocycles. The van der Waals surface area contributed by atoms with Gasteiger partial charge in [-0.3, -0.25) is 0 Å². The van der Waals surface area contributed by atoms with Crippen LogP contribution in [0.5, 0.6) is 5.75 Å². The molecule has 1 aliphatic heterocycles. The van der Waals surface area contributed by atoms with E-state index < -0.39 is 0 Å². The Morgan fingerprint density at radius 2 is 1.96 bits per heavy atom. The van der Waals surface area contributed by atoms with E-state index in [1.165, 1.54) is 0 Å². The number of para-hydroxylation sites is 1. The van der Waals surface area contributed by atoms with Gasteiger partial charge < -0.3 is 14.7 Å². The molecule has 0 radical (unpaired) electrons. The van der Waals surface area contributed by atoms with Gasteiger partial charge in [0.25, 0.3) is 0 Å². The SMILES string of the molecule is COc1cc(=C2C=c3ccccc3=N2)[nH]c1=Cc1ccc(C)[nH]1. The average molecular weight is 303 g/mol. The maximum Gasteiger partial charge on any atom is 0.144 e. The normalized spacial score (nSPS) is 16.0. The fourth-order valence-corrected chi connectivity index (χ4v) is 2.79. The molecule has 3 aromatic rings. The highest BCUT2D eigenvalue weighted by Gasteiger charge is 2.05. The molecule has 0 saturated heterocycles. The summed E-state index contributed by atoms with van der Waals surface area (Å²) in [5.74, 6) is 0.805. The van der Waals surface area contributed by atoms with Gasteiger partial charge in [0, 0.05) is 22.7 Å². The predicted octanol–water partition coefficient (Wildman–Crippen LogP) is 0.711. The predicted molar refractivity (Wildman–Crippen MR) is 90.8 cm³/mol. The minimum Gasteiger partial charge on any atom is -0.494 e. The van der Waals surface area contributed by atoms with E-state index in [9.17, 15) is 0 Å². The number of aromatic amines is 2. The first kappa shape index (κ1) is 13.6. The number of aryl methyl sites for hydroxylation is 1. The molecule has 4 heteroatoms. The Morgan fingerprint density at radius 3 is 2.70 bits per heavy atom. The summed E-state index contributed by atoms with van der Waals surface area (Å²) in [6, 6.07) is 14.2. The monoisotopic (exact) mass is 303 g/mol. The molecule has 1 aliphatic rings. The Bertz CT molecular complexity index is 1080. The van der Waals surface area contributed by atoms with Crippen LogP contribution in [0.15, 0.2) is 47.5 Å². The zero-order valence-electron chi connectivity index (χ0n) is 13.1. The lowest BCUT2D eigenvalue weighted by molar-refractivity contribution is 0.412. The molecule has 4 nitrogen and oxygen atoms in total. The van der Waals surface area contributed by atoms with E-state index in [1.807, 2.05) is 49.4 Å². The van der Waals surface area contributed by atoms with Crippen LogP contribution >= 0.6 is 0 Å². The maximum absolute atomic E-state index is 5.50. The van der Waals surface area contributed by atoms with E-state index in [4.69, 9.17) is 4.74 Å². The van der Waals surface area contributed by atoms with Crippen LogP contribution in [-0.4, -0.2) is 17.1 Å². The number of methoxy groups -OCH3 is 1. The molecule has 23 heavy (non-hydrogen) atoms. The Labute approximate surface area is 133 Å². The average Bonchev–Trinajstić information content (AvgIpc) is 3.25. The van der Waals surface area contributed by atoms with Gasteiger partial charge in [-0.05, 0) is 37.3 Å². The first-order valence-corrected chi connectivity index (χ1v) is 7.53. The number of nitrogens with one attached hydrogen (secondary N) is 2. The van der Waals surface area contributed by atoms with Crippen molar-refractivity contribution in [1.82, 2.24) is 9.97 Å². The molecule has 0 amide bonds. The minimum absolute atomic E-state index is 0.805. The molecule has 2 N–H and O–H groups in total. The lowest BCUT2D eigenvalue weighted by Gasteiger charge is -1.92. The molecule has 0 bridgehead atoms. The summed E-state index contributed by atoms with van der Waals surface area (Å²) >= 11 is 0. The molecule has 3 heterocycles. The standard InChI is InChI=1S/C19H17N3O/c1-12-7-8-14(20-12)10-18-19(23-2)11-17(22-18)16-9-13-5-3-4-6-15(13)21-16/h3-11,20,22H,1-2H3. The largest absolute Gasteiger partial charge is 0.494 e. The van der Waals surface area contributed by atoms with E-state index in [-0.39, 0.29) is 0 Å². The molecular formula is C19H17N3O. The minimum atomic E-state index is 0.805. The number of H-pyrrole nitrogens is 2. The molecule has 0 spiro atoms. The fraction of sp³-hybridized carbons (Fsp3) is 0.105. The van der Waals surface area contributed by atoms with Gasteiger partial charge in [-0.2, -0.15) is 0 Å². The van der Waals surface area contributed by atoms with E-state index >= 15 is 0 Å². The highest BCUT2D eigenvalue weighted by molar-refractivity contribution is 5.76. The van der Waals surface area contributed by atoms with Crippen molar-refractivity contribution >= 4 is 17.8 Å². The van der Waals surface area contributed by atoms with Gasteiger partial charge in [0.1, 0.15) is 5.75 Å². The highest BCUT2D eigenvalue weighted by Crippen LogP contribution is 2.05. The zero-order valence-corrected chi connectivity index (χ0v) is 13.1. The van der Waals surface area contributed by atoms with Crippen molar-refractivity contribution in [3.8, 4) is 5.75 Å². The van der Waals surface area contributed by atoms with Crippen LogP contribution in [0.2, 0.25) is 0 Å². The van der Waals surface area contributed by atoms with Crippen LogP contribution in [-0.2, 0) is 0 Å². The third-order valence-electron chi connectivity index (χ3n) is 3.93. The third-order valence-corrected chi connectivity index (χ3v) is 3.93. The second kappa shape index (κ2) is 5.32. The first-order valence-electron chi connectivity index (χ1n) is 7.53. The Hall–Kier alpha value is -3.01. The Balaban J connectivity index is 1.91. The van der Waals surface area contributed by atoms with Crippen molar-refractivity contribution in [3.63, 3.8) is 0 Å². The number of benzene rings is 1. The quantitative estimate of drug-likeness (QED) is 0.720. The Morgan fingerprint density at radius 1 is 1.09 bits per heavy atom. The van der Waals surface area contributed by atoms with Crippen molar-refractivity contribution < 1.29 is 4.74 Å². The lowest BCUT2D eigenvalue weighted by atomic mass is 10.3. The van der Waals surface area contributed by atoms with E-state index in [2.05, 4.69) is 27.1 Å². The van der Waals surface area contributed by atoms with Gasteiger partial charge in [0.15, 0.2) is 0 Å². The van der Waals surface area contributed by atoms with Crippen molar-refractivity contribution in [1.29, 1.82) is 0 Å². The summed E-state index contributed by atoms with van der Waals surface area (Å²) in [5.41, 5.74) is 3.09. The van der Waals surface area contributed by atoms with Crippen molar-refractivity contribution in [2.75, 3.05) is 7.11 Å². The molecule has 0 aliphatic carbocycles. The van der Waals surface area contributed by atoms with E-state index in [1.54, 1.807) is 7.11 Å². The molecule has 0 saturated carbocycles. The van der Waals surface area contributed by atoms with E-state index in [0.717, 1.165) is 44.1 Å². The van der Waals surface area contributed by atoms with Crippen molar-refractivity contribution in [2.45, 2.75) is 6.92 Å². The first-order chi connectivity index (χ1) is 11.2. The summed E-state index contributed by atoms with van der Waals surface area (Å²) in [7, 11) is 1.68. The van der Waals surface area contributed by atoms with Crippen LogP contribution in [0.3, 0.4) is 0 Å². The Kier molecular flexibility index (Phi) is 3.15. The molecule has 114 valence electrons. The summed E-state index contributed by atoms with van der Waals surface area (Å²) in [6.45, 7) is 2.04. The third kappa shape index (κ3) is 2.48. The van der Waals surface area contributed by atoms with Gasteiger partial charge in [-0.1, -0.05) is 18.2 Å². The lowest BCUT2D eigenvalue weighted by Crippen LogP contribution is -2.19. The maximum atomic E-state index is 5.50. The van der Waals surface area contributed by atoms with Crippen LogP contribution in [0, 0.1) is 6.92 Å². The number of nitrogens with zero attached hydrogens (tertiary/aromatic N) is 1. The number of fused-ring (bicyclic) bond motifs is 1. The summed E-state index contributed by atoms with van der Waals surface area (Å²) in [5, 5.41) is 4.02. The zero-order chi connectivity index (χ0) is 15.8. The second-order valence-corrected chi connectivity index (χ2v) is 5.61. The number of hydrogen-bond acceptors (Lipinski definition) is 2. The van der Waals surface area contributed by atoms with Crippen molar-refractivity contribution in [2.24, 2.45) is 4.99 Å². The molecule has 4 rings (SSSR count). The van der Waals surface area contributed by atoms with Crippen LogP contribution in [0.1, 0.15) is 11.4 Å². The molecule has 1 aromatic carbocycles. The number of rotatable bonds is 2. The van der Waals surface area contributed by atoms with Gasteiger partial charge in [0.2, 0.25) is 0 Å². The molecule has 0 atom stereocenters. The number of ether oxygens (including phenoxy) is 1. The summed E-state index contributed by atoms with van der Waals surface area (Å²) < 4.78 is 5.50. The number of hydrogen-bond donors (Lipinski definition) is 2. The molecule has 0 fully saturated rings. The topological polar surface area (TPSA) is 53.2 Å². The van der Waals surface area contributed by atoms with Crippen LogP contribution in [0.25, 0.3) is 17.8 Å². The summed E-state index contributed by atoms with van der Waals surface area (Å²) in [4.78, 5) is 11.4. The van der Waals surface area contributed by atoms with Gasteiger partial charge in [-0.15, -0.1) is 0 Å². The summed E-state index contributed by atoms with van der Waals surface area (Å²) in [6.07, 6.45) is 4.13. The van der Waals surface area contributed by atoms with Crippen molar-refractivity contribution in [3.05, 3.63) is 75.1 Å². The molecule has 0 unspecified atom stereocenters. The second-order valence-electron chi connectivity index (χ2n) is 5.61. The number of aromatic nitrogens is 2. The smallest absolute Gasteiger partial charge is 0.144 e. The fourth-order valence-electron chi connectivity index (χ4n) is 2.79. The van der Waals surface area contributed by atoms with Gasteiger partial charge >= 0.3 is 0 Å². The van der Waals surface area contributed by atoms with Gasteiger partial charge in [-0.25, -0.2) is 4.99 Å². The van der Waals surface area contributed by atoms with Crippen LogP contribution < -0.4 is 26.0 Å². The molecular weight excluding hydrogens is 286 g/mol. The van der Waals surface area contributed by atoms with Crippen LogP contribution in [0.4, 0.5) is 0 Å². The van der Waals surface area contributed by atoms with Gasteiger partial charge in [0.05, 0.1) is 28.9 Å². The highest BCUT2D eigenvalue weighted by atomic mass is 16.5. The van der Waals surface area contributed by atoms with E-state index in [0.29, 0.717) is 0 Å².